The zero-order valence-electron chi connectivity index (χ0n) is 60.7. The molecular formula is C102H76N4Si2. The second-order valence-electron chi connectivity index (χ2n) is 29.2. The lowest BCUT2D eigenvalue weighted by Crippen LogP contribution is -2.50. The molecule has 0 amide bonds. The zero-order chi connectivity index (χ0) is 72.7. The van der Waals surface area contributed by atoms with Crippen LogP contribution < -0.4 is 20.7 Å². The van der Waals surface area contributed by atoms with Gasteiger partial charge >= 0.3 is 0 Å². The number of fused-ring (bicyclic) bond motifs is 6. The fraction of sp³-hybridized carbons (Fsp3) is 0.0392. The molecule has 0 fully saturated rings. The third kappa shape index (κ3) is 12.9. The van der Waals surface area contributed by atoms with Crippen LogP contribution in [-0.4, -0.2) is 36.1 Å². The Hall–Kier alpha value is -13.1. The third-order valence-electron chi connectivity index (χ3n) is 21.8. The Kier molecular flexibility index (Phi) is 17.6. The van der Waals surface area contributed by atoms with Crippen LogP contribution in [0, 0.1) is 0 Å². The third-order valence-corrected chi connectivity index (χ3v) is 29.0. The van der Waals surface area contributed by atoms with Crippen molar-refractivity contribution in [3.63, 3.8) is 0 Å². The summed E-state index contributed by atoms with van der Waals surface area (Å²) in [6, 6.07) is 139. The molecule has 0 saturated heterocycles. The van der Waals surface area contributed by atoms with Gasteiger partial charge in [-0.3, -0.25) is 0 Å². The molecule has 6 heteroatoms. The molecule has 0 bridgehead atoms. The molecule has 19 rings (SSSR count). The first-order valence-electron chi connectivity index (χ1n) is 37.2. The molecule has 15 aromatic carbocycles. The lowest BCUT2D eigenvalue weighted by atomic mass is 9.94. The molecule has 4 nitrogen and oxygen atoms in total. The van der Waals surface area contributed by atoms with E-state index in [1.807, 2.05) is 60.7 Å². The van der Waals surface area contributed by atoms with Gasteiger partial charge in [0.2, 0.25) is 0 Å². The summed E-state index contributed by atoms with van der Waals surface area (Å²) in [6.07, 6.45) is 0. The van der Waals surface area contributed by atoms with Crippen LogP contribution in [0.3, 0.4) is 0 Å². The maximum Gasteiger partial charge on any atom is 0.160 e. The fourth-order valence-electron chi connectivity index (χ4n) is 16.3. The smallest absolute Gasteiger partial charge is 0.160 e. The van der Waals surface area contributed by atoms with Crippen molar-refractivity contribution in [2.24, 2.45) is 0 Å². The summed E-state index contributed by atoms with van der Waals surface area (Å²) in [5.41, 5.74) is 32.7. The maximum absolute atomic E-state index is 5.10. The molecule has 0 aliphatic carbocycles. The van der Waals surface area contributed by atoms with Crippen LogP contribution in [0.25, 0.3) is 168 Å². The summed E-state index contributed by atoms with van der Waals surface area (Å²) in [6.45, 7) is 9.97. The van der Waals surface area contributed by atoms with Crippen LogP contribution in [-0.2, 0) is 0 Å². The van der Waals surface area contributed by atoms with E-state index in [0.717, 1.165) is 78.7 Å². The highest BCUT2D eigenvalue weighted by Gasteiger charge is 2.40. The number of nitrogens with zero attached hydrogens (tertiary/aromatic N) is 4. The zero-order valence-corrected chi connectivity index (χ0v) is 62.7. The van der Waals surface area contributed by atoms with E-state index in [1.165, 1.54) is 88.6 Å². The number of rotatable bonds is 13. The Labute approximate surface area is 634 Å². The average Bonchev–Trinajstić information content (AvgIpc) is 1.57. The van der Waals surface area contributed by atoms with Gasteiger partial charge in [-0.1, -0.05) is 384 Å². The molecule has 2 aliphatic heterocycles. The number of hydrogen-bond acceptors (Lipinski definition) is 4. The molecule has 4 heterocycles. The Morgan fingerprint density at radius 3 is 0.824 bits per heavy atom. The number of benzene rings is 15. The summed E-state index contributed by atoms with van der Waals surface area (Å²) in [4.78, 5) is 20.2. The minimum atomic E-state index is -1.85. The van der Waals surface area contributed by atoms with Crippen LogP contribution in [0.5, 0.6) is 0 Å². The largest absolute Gasteiger partial charge is 0.228 e. The van der Waals surface area contributed by atoms with E-state index in [9.17, 15) is 0 Å². The minimum Gasteiger partial charge on any atom is -0.228 e. The van der Waals surface area contributed by atoms with E-state index >= 15 is 0 Å². The summed E-state index contributed by atoms with van der Waals surface area (Å²) in [5, 5.41) is 6.18. The van der Waals surface area contributed by atoms with E-state index in [4.69, 9.17) is 19.9 Å². The average molecular weight is 1410 g/mol. The highest BCUT2D eigenvalue weighted by molar-refractivity contribution is 7.05. The standard InChI is InChI=1S/C54H40N2Si.C48H36N2Si/c1-57(2)52-28-10-9-25-48(52)49-27-14-26-47(53(49)57)45-23-12-22-44(34-45)43-21-11-19-41(33-43)38-29-31-39(32-30-38)50-36-51(56-54(55-50)40-17-7-4-8-18-40)46-24-13-20-42(35-46)37-15-5-3-6-16-37;1-51(2)46-19-10-9-16-42(46)43-18-11-17-41(47(43)51)37-28-24-35(25-29-37)33-20-22-34(23-21-33)36-26-30-40(31-27-36)48-49-44(38-12-5-3-6-13-38)32-45(50-48)39-14-7-4-8-15-39/h3-36H,1-2H3;3-32H,1-2H3. The lowest BCUT2D eigenvalue weighted by Gasteiger charge is -2.22. The van der Waals surface area contributed by atoms with E-state index < -0.39 is 16.1 Å². The van der Waals surface area contributed by atoms with Gasteiger partial charge in [-0.15, -0.1) is 0 Å². The summed E-state index contributed by atoms with van der Waals surface area (Å²) >= 11 is 0. The molecule has 0 spiro atoms. The van der Waals surface area contributed by atoms with Crippen molar-refractivity contribution in [3.8, 4) is 168 Å². The van der Waals surface area contributed by atoms with Gasteiger partial charge in [-0.25, -0.2) is 19.9 Å². The number of hydrogen-bond donors (Lipinski definition) is 0. The molecular weight excluding hydrogens is 1340 g/mol. The van der Waals surface area contributed by atoms with Crippen molar-refractivity contribution in [2.75, 3.05) is 0 Å². The normalized spacial score (nSPS) is 12.6. The highest BCUT2D eigenvalue weighted by atomic mass is 28.3. The summed E-state index contributed by atoms with van der Waals surface area (Å²) in [7, 11) is -3.64. The van der Waals surface area contributed by atoms with E-state index in [1.54, 1.807) is 15.6 Å². The van der Waals surface area contributed by atoms with Crippen LogP contribution in [0.15, 0.2) is 388 Å². The van der Waals surface area contributed by atoms with Crippen molar-refractivity contribution in [1.82, 2.24) is 19.9 Å². The van der Waals surface area contributed by atoms with Crippen LogP contribution in [0.1, 0.15) is 0 Å². The Morgan fingerprint density at radius 1 is 0.157 bits per heavy atom. The highest BCUT2D eigenvalue weighted by Crippen LogP contribution is 2.40. The van der Waals surface area contributed by atoms with Gasteiger partial charge in [0.1, 0.15) is 16.1 Å². The first kappa shape index (κ1) is 66.8. The maximum atomic E-state index is 5.10. The van der Waals surface area contributed by atoms with E-state index in [0.29, 0.717) is 5.82 Å². The van der Waals surface area contributed by atoms with Crippen LogP contribution in [0.4, 0.5) is 0 Å². The predicted octanol–water partition coefficient (Wildman–Crippen LogP) is 24.2. The summed E-state index contributed by atoms with van der Waals surface area (Å²) in [5.74, 6) is 1.43. The fourth-order valence-corrected chi connectivity index (χ4v) is 23.2. The predicted molar refractivity (Wildman–Crippen MR) is 459 cm³/mol. The summed E-state index contributed by atoms with van der Waals surface area (Å²) < 4.78 is 0. The monoisotopic (exact) mass is 1410 g/mol. The molecule has 0 unspecified atom stereocenters. The van der Waals surface area contributed by atoms with E-state index in [2.05, 4.69) is 354 Å². The molecule has 0 radical (unpaired) electrons. The molecule has 0 N–H and O–H groups in total. The second-order valence-corrected chi connectivity index (χ2v) is 37.8. The van der Waals surface area contributed by atoms with Crippen LogP contribution >= 0.6 is 0 Å². The van der Waals surface area contributed by atoms with Gasteiger partial charge in [-0.05, 0) is 151 Å². The van der Waals surface area contributed by atoms with Crippen molar-refractivity contribution >= 4 is 36.9 Å². The van der Waals surface area contributed by atoms with Gasteiger partial charge in [0.05, 0.1) is 22.8 Å². The van der Waals surface area contributed by atoms with Crippen molar-refractivity contribution < 1.29 is 0 Å². The number of aromatic nitrogens is 4. The first-order chi connectivity index (χ1) is 53.0. The molecule has 0 atom stereocenters. The van der Waals surface area contributed by atoms with Gasteiger partial charge in [-0.2, -0.15) is 0 Å². The quantitative estimate of drug-likeness (QED) is 0.108. The first-order valence-corrected chi connectivity index (χ1v) is 43.2. The molecule has 2 aromatic heterocycles. The Bertz CT molecular complexity index is 6120. The lowest BCUT2D eigenvalue weighted by molar-refractivity contribution is 1.18. The molecule has 108 heavy (non-hydrogen) atoms. The van der Waals surface area contributed by atoms with Gasteiger partial charge in [0.15, 0.2) is 11.6 Å². The molecule has 17 aromatic rings. The van der Waals surface area contributed by atoms with Gasteiger partial charge in [0, 0.05) is 33.4 Å². The molecule has 0 saturated carbocycles. The minimum absolute atomic E-state index is 0.711. The molecule has 512 valence electrons. The van der Waals surface area contributed by atoms with E-state index in [-0.39, 0.29) is 0 Å². The van der Waals surface area contributed by atoms with Gasteiger partial charge < -0.3 is 0 Å². The van der Waals surface area contributed by atoms with Crippen molar-refractivity contribution in [2.45, 2.75) is 26.2 Å². The van der Waals surface area contributed by atoms with Crippen LogP contribution in [0.2, 0.25) is 26.2 Å². The van der Waals surface area contributed by atoms with Gasteiger partial charge in [0.25, 0.3) is 0 Å². The second kappa shape index (κ2) is 28.4. The Balaban J connectivity index is 0.000000153. The SMILES string of the molecule is C[Si]1(C)c2ccccc2-c2cccc(-c3ccc(-c4ccc(-c5ccc(-c6nc(-c7ccccc7)cc(-c7ccccc7)n6)cc5)cc4)cc3)c21.C[Si]1(C)c2ccccc2-c2cccc(-c3cccc(-c4cccc(-c5ccc(-c6cc(-c7cccc(-c8ccccc8)c7)nc(-c7ccccc7)n6)cc5)c4)c3)c21. The van der Waals surface area contributed by atoms with Crippen molar-refractivity contribution in [1.29, 1.82) is 0 Å². The Morgan fingerprint density at radius 2 is 0.389 bits per heavy atom. The van der Waals surface area contributed by atoms with Crippen molar-refractivity contribution in [3.05, 3.63) is 388 Å². The topological polar surface area (TPSA) is 51.6 Å². The molecule has 2 aliphatic rings.